The van der Waals surface area contributed by atoms with Gasteiger partial charge in [-0.05, 0) is 24.6 Å². The fourth-order valence-corrected chi connectivity index (χ4v) is 1.91. The van der Waals surface area contributed by atoms with E-state index in [9.17, 15) is 4.39 Å². The van der Waals surface area contributed by atoms with Gasteiger partial charge in [0.25, 0.3) is 0 Å². The Morgan fingerprint density at radius 2 is 2.17 bits per heavy atom. The average Bonchev–Trinajstić information content (AvgIpc) is 2.77. The Balaban J connectivity index is 2.33. The highest BCUT2D eigenvalue weighted by Crippen LogP contribution is 2.21. The van der Waals surface area contributed by atoms with Crippen molar-refractivity contribution in [3.63, 3.8) is 0 Å². The molecule has 2 aromatic heterocycles. The van der Waals surface area contributed by atoms with E-state index in [1.165, 1.54) is 12.3 Å². The van der Waals surface area contributed by atoms with Crippen molar-refractivity contribution < 1.29 is 4.39 Å². The summed E-state index contributed by atoms with van der Waals surface area (Å²) in [5.41, 5.74) is 1.81. The smallest absolute Gasteiger partial charge is 0.141 e. The molecule has 1 unspecified atom stereocenters. The van der Waals surface area contributed by atoms with Gasteiger partial charge in [0, 0.05) is 13.2 Å². The molecule has 0 saturated heterocycles. The molecule has 2 aromatic rings. The van der Waals surface area contributed by atoms with E-state index >= 15 is 0 Å². The lowest BCUT2D eigenvalue weighted by atomic mass is 10.1. The third-order valence-electron chi connectivity index (χ3n) is 2.81. The molecular weight excluding hydrogens is 231 g/mol. The van der Waals surface area contributed by atoms with Crippen LogP contribution in [0.25, 0.3) is 0 Å². The van der Waals surface area contributed by atoms with Gasteiger partial charge in [-0.15, -0.1) is 0 Å². The van der Waals surface area contributed by atoms with Gasteiger partial charge in [-0.25, -0.2) is 9.37 Å². The first-order valence-electron chi connectivity index (χ1n) is 6.02. The molecule has 0 amide bonds. The van der Waals surface area contributed by atoms with Gasteiger partial charge in [-0.3, -0.25) is 4.98 Å². The number of rotatable bonds is 5. The molecule has 0 fully saturated rings. The van der Waals surface area contributed by atoms with Crippen LogP contribution in [0.5, 0.6) is 0 Å². The summed E-state index contributed by atoms with van der Waals surface area (Å²) in [6, 6.07) is 1.42. The molecule has 1 atom stereocenters. The number of pyridine rings is 1. The van der Waals surface area contributed by atoms with E-state index in [1.807, 2.05) is 11.6 Å². The monoisotopic (exact) mass is 248 g/mol. The number of imidazole rings is 1. The number of hydrogen-bond acceptors (Lipinski definition) is 3. The van der Waals surface area contributed by atoms with Crippen molar-refractivity contribution >= 4 is 0 Å². The van der Waals surface area contributed by atoms with Crippen molar-refractivity contribution in [1.82, 2.24) is 19.9 Å². The van der Waals surface area contributed by atoms with Crippen LogP contribution >= 0.6 is 0 Å². The minimum atomic E-state index is -0.321. The predicted molar refractivity (Wildman–Crippen MR) is 67.5 cm³/mol. The van der Waals surface area contributed by atoms with E-state index in [4.69, 9.17) is 0 Å². The van der Waals surface area contributed by atoms with Crippen molar-refractivity contribution in [1.29, 1.82) is 0 Å². The SMILES string of the molecule is CCCNC(c1cncc(F)c1)c1cncn1C. The van der Waals surface area contributed by atoms with Crippen molar-refractivity contribution in [2.75, 3.05) is 6.54 Å². The molecule has 0 aromatic carbocycles. The summed E-state index contributed by atoms with van der Waals surface area (Å²) in [6.45, 7) is 2.95. The van der Waals surface area contributed by atoms with Crippen LogP contribution in [-0.4, -0.2) is 21.1 Å². The molecule has 96 valence electrons. The zero-order valence-electron chi connectivity index (χ0n) is 10.6. The van der Waals surface area contributed by atoms with Gasteiger partial charge in [0.15, 0.2) is 0 Å². The second kappa shape index (κ2) is 5.73. The summed E-state index contributed by atoms with van der Waals surface area (Å²) < 4.78 is 15.2. The number of aryl methyl sites for hydroxylation is 1. The number of nitrogens with one attached hydrogen (secondary N) is 1. The highest BCUT2D eigenvalue weighted by Gasteiger charge is 2.17. The van der Waals surface area contributed by atoms with Crippen LogP contribution in [0.15, 0.2) is 31.0 Å². The van der Waals surface area contributed by atoms with Crippen LogP contribution in [0.3, 0.4) is 0 Å². The zero-order valence-corrected chi connectivity index (χ0v) is 10.6. The first kappa shape index (κ1) is 12.7. The van der Waals surface area contributed by atoms with Crippen LogP contribution in [0.1, 0.15) is 30.6 Å². The first-order valence-corrected chi connectivity index (χ1v) is 6.02. The topological polar surface area (TPSA) is 42.7 Å². The molecule has 0 saturated carbocycles. The van der Waals surface area contributed by atoms with Crippen molar-refractivity contribution in [3.05, 3.63) is 48.1 Å². The largest absolute Gasteiger partial charge is 0.336 e. The molecule has 18 heavy (non-hydrogen) atoms. The summed E-state index contributed by atoms with van der Waals surface area (Å²) in [5, 5.41) is 3.39. The Labute approximate surface area is 106 Å². The van der Waals surface area contributed by atoms with Crippen molar-refractivity contribution in [3.8, 4) is 0 Å². The quantitative estimate of drug-likeness (QED) is 0.880. The molecule has 0 bridgehead atoms. The van der Waals surface area contributed by atoms with E-state index < -0.39 is 0 Å². The van der Waals surface area contributed by atoms with E-state index in [0.717, 1.165) is 24.2 Å². The third kappa shape index (κ3) is 2.73. The Hall–Kier alpha value is -1.75. The molecule has 0 radical (unpaired) electrons. The molecule has 0 aliphatic rings. The molecule has 1 N–H and O–H groups in total. The maximum absolute atomic E-state index is 13.3. The minimum absolute atomic E-state index is 0.0827. The molecule has 2 rings (SSSR count). The van der Waals surface area contributed by atoms with Crippen LogP contribution in [-0.2, 0) is 7.05 Å². The molecule has 0 aliphatic carbocycles. The number of nitrogens with zero attached hydrogens (tertiary/aromatic N) is 3. The third-order valence-corrected chi connectivity index (χ3v) is 2.81. The number of hydrogen-bond donors (Lipinski definition) is 1. The van der Waals surface area contributed by atoms with Gasteiger partial charge in [0.2, 0.25) is 0 Å². The Bertz CT molecular complexity index is 509. The predicted octanol–water partition coefficient (Wildman–Crippen LogP) is 2.04. The van der Waals surface area contributed by atoms with Crippen molar-refractivity contribution in [2.45, 2.75) is 19.4 Å². The van der Waals surface area contributed by atoms with Crippen LogP contribution in [0.2, 0.25) is 0 Å². The van der Waals surface area contributed by atoms with Gasteiger partial charge in [-0.1, -0.05) is 6.92 Å². The maximum Gasteiger partial charge on any atom is 0.141 e. The van der Waals surface area contributed by atoms with Gasteiger partial charge in [-0.2, -0.15) is 0 Å². The lowest BCUT2D eigenvalue weighted by molar-refractivity contribution is 0.558. The van der Waals surface area contributed by atoms with Crippen LogP contribution in [0.4, 0.5) is 4.39 Å². The van der Waals surface area contributed by atoms with Gasteiger partial charge >= 0.3 is 0 Å². The molecular formula is C13H17FN4. The van der Waals surface area contributed by atoms with E-state index in [0.29, 0.717) is 0 Å². The minimum Gasteiger partial charge on any atom is -0.336 e. The summed E-state index contributed by atoms with van der Waals surface area (Å²) in [5.74, 6) is -0.321. The van der Waals surface area contributed by atoms with Crippen LogP contribution < -0.4 is 5.32 Å². The van der Waals surface area contributed by atoms with Gasteiger partial charge < -0.3 is 9.88 Å². The second-order valence-corrected chi connectivity index (χ2v) is 4.25. The normalized spacial score (nSPS) is 12.6. The highest BCUT2D eigenvalue weighted by molar-refractivity contribution is 5.24. The molecule has 0 aliphatic heterocycles. The van der Waals surface area contributed by atoms with E-state index in [1.54, 1.807) is 18.7 Å². The molecule has 0 spiro atoms. The summed E-state index contributed by atoms with van der Waals surface area (Å²) in [7, 11) is 1.93. The highest BCUT2D eigenvalue weighted by atomic mass is 19.1. The Morgan fingerprint density at radius 3 is 2.78 bits per heavy atom. The molecule has 4 nitrogen and oxygen atoms in total. The fraction of sp³-hybridized carbons (Fsp3) is 0.385. The average molecular weight is 248 g/mol. The van der Waals surface area contributed by atoms with Gasteiger partial charge in [0.1, 0.15) is 5.82 Å². The Kier molecular flexibility index (Phi) is 4.04. The number of halogens is 1. The lowest BCUT2D eigenvalue weighted by Gasteiger charge is -2.19. The number of aromatic nitrogens is 3. The zero-order chi connectivity index (χ0) is 13.0. The Morgan fingerprint density at radius 1 is 1.33 bits per heavy atom. The summed E-state index contributed by atoms with van der Waals surface area (Å²) >= 11 is 0. The van der Waals surface area contributed by atoms with Crippen LogP contribution in [0, 0.1) is 5.82 Å². The summed E-state index contributed by atoms with van der Waals surface area (Å²) in [6.07, 6.45) is 7.44. The lowest BCUT2D eigenvalue weighted by Crippen LogP contribution is -2.25. The second-order valence-electron chi connectivity index (χ2n) is 4.25. The van der Waals surface area contributed by atoms with Crippen molar-refractivity contribution in [2.24, 2.45) is 7.05 Å². The van der Waals surface area contributed by atoms with Gasteiger partial charge in [0.05, 0.1) is 30.5 Å². The van der Waals surface area contributed by atoms with E-state index in [-0.39, 0.29) is 11.9 Å². The fourth-order valence-electron chi connectivity index (χ4n) is 1.91. The molecule has 2 heterocycles. The standard InChI is InChI=1S/C13H17FN4/c1-3-4-17-13(12-8-16-9-18(12)2)10-5-11(14)7-15-6-10/h5-9,13,17H,3-4H2,1-2H3. The van der Waals surface area contributed by atoms with E-state index in [2.05, 4.69) is 22.2 Å². The first-order chi connectivity index (χ1) is 8.72. The summed E-state index contributed by atoms with van der Waals surface area (Å²) in [4.78, 5) is 8.02. The molecule has 5 heteroatoms. The maximum atomic E-state index is 13.3.